The molecule has 3 aromatic carbocycles. The van der Waals surface area contributed by atoms with E-state index in [0.717, 1.165) is 37.1 Å². The van der Waals surface area contributed by atoms with E-state index in [4.69, 9.17) is 0 Å². The molecule has 4 aromatic rings. The predicted molar refractivity (Wildman–Crippen MR) is 109 cm³/mol. The van der Waals surface area contributed by atoms with E-state index in [1.165, 1.54) is 16.6 Å². The first kappa shape index (κ1) is 17.1. The number of aromatic nitrogens is 2. The second-order valence-corrected chi connectivity index (χ2v) is 7.54. The van der Waals surface area contributed by atoms with E-state index in [1.807, 2.05) is 24.5 Å². The number of imidazole rings is 1. The second-order valence-electron chi connectivity index (χ2n) is 7.54. The minimum absolute atomic E-state index is 0.186. The molecule has 1 aliphatic heterocycles. The lowest BCUT2D eigenvalue weighted by Crippen LogP contribution is -2.42. The lowest BCUT2D eigenvalue weighted by atomic mass is 9.93. The number of hydrogen-bond donors (Lipinski definition) is 0. The first-order chi connectivity index (χ1) is 13.8. The van der Waals surface area contributed by atoms with Crippen LogP contribution in [0.2, 0.25) is 0 Å². The summed E-state index contributed by atoms with van der Waals surface area (Å²) in [6, 6.07) is 24.2. The summed E-state index contributed by atoms with van der Waals surface area (Å²) in [5, 5.41) is 0. The SMILES string of the molecule is Fc1ccc(CN2Cc3ccccc3CC2Cn2cnc3ccccc32)cc1. The Labute approximate surface area is 164 Å². The third-order valence-corrected chi connectivity index (χ3v) is 5.70. The molecule has 1 atom stereocenters. The molecule has 1 aromatic heterocycles. The predicted octanol–water partition coefficient (Wildman–Crippen LogP) is 4.80. The Balaban J connectivity index is 1.46. The number of rotatable bonds is 4. The van der Waals surface area contributed by atoms with Crippen molar-refractivity contribution in [3.63, 3.8) is 0 Å². The molecule has 0 aliphatic carbocycles. The summed E-state index contributed by atoms with van der Waals surface area (Å²) in [5.41, 5.74) is 6.15. The number of para-hydroxylation sites is 2. The van der Waals surface area contributed by atoms with Gasteiger partial charge in [0.25, 0.3) is 0 Å². The van der Waals surface area contributed by atoms with Crippen LogP contribution in [0.3, 0.4) is 0 Å². The van der Waals surface area contributed by atoms with Crippen molar-refractivity contribution >= 4 is 11.0 Å². The van der Waals surface area contributed by atoms with Gasteiger partial charge in [-0.25, -0.2) is 9.37 Å². The van der Waals surface area contributed by atoms with Crippen LogP contribution < -0.4 is 0 Å². The van der Waals surface area contributed by atoms with Gasteiger partial charge in [0.1, 0.15) is 5.82 Å². The summed E-state index contributed by atoms with van der Waals surface area (Å²) in [4.78, 5) is 7.05. The van der Waals surface area contributed by atoms with E-state index in [0.29, 0.717) is 6.04 Å². The van der Waals surface area contributed by atoms with E-state index >= 15 is 0 Å². The summed E-state index contributed by atoms with van der Waals surface area (Å²) >= 11 is 0. The fourth-order valence-corrected chi connectivity index (χ4v) is 4.21. The van der Waals surface area contributed by atoms with E-state index in [2.05, 4.69) is 56.9 Å². The summed E-state index contributed by atoms with van der Waals surface area (Å²) in [7, 11) is 0. The zero-order valence-electron chi connectivity index (χ0n) is 15.6. The van der Waals surface area contributed by atoms with E-state index < -0.39 is 0 Å². The largest absolute Gasteiger partial charge is 0.329 e. The lowest BCUT2D eigenvalue weighted by Gasteiger charge is -2.37. The van der Waals surface area contributed by atoms with Gasteiger partial charge in [-0.15, -0.1) is 0 Å². The van der Waals surface area contributed by atoms with Gasteiger partial charge in [0.05, 0.1) is 17.4 Å². The molecule has 4 heteroatoms. The van der Waals surface area contributed by atoms with Crippen molar-refractivity contribution in [2.75, 3.05) is 0 Å². The molecule has 0 fully saturated rings. The molecule has 1 aliphatic rings. The Hall–Kier alpha value is -2.98. The highest BCUT2D eigenvalue weighted by Gasteiger charge is 2.26. The molecule has 28 heavy (non-hydrogen) atoms. The molecule has 0 N–H and O–H groups in total. The molecule has 0 amide bonds. The molecular weight excluding hydrogens is 349 g/mol. The average molecular weight is 371 g/mol. The van der Waals surface area contributed by atoms with Gasteiger partial charge >= 0.3 is 0 Å². The third-order valence-electron chi connectivity index (χ3n) is 5.70. The highest BCUT2D eigenvalue weighted by atomic mass is 19.1. The van der Waals surface area contributed by atoms with Gasteiger partial charge in [-0.05, 0) is 47.4 Å². The van der Waals surface area contributed by atoms with Crippen LogP contribution in [-0.4, -0.2) is 20.5 Å². The molecule has 5 rings (SSSR count). The Bertz CT molecular complexity index is 1100. The van der Waals surface area contributed by atoms with Gasteiger partial charge in [0.15, 0.2) is 0 Å². The molecule has 0 bridgehead atoms. The minimum atomic E-state index is -0.186. The Morgan fingerprint density at radius 1 is 0.893 bits per heavy atom. The Morgan fingerprint density at radius 2 is 1.64 bits per heavy atom. The molecule has 1 unspecified atom stereocenters. The summed E-state index contributed by atoms with van der Waals surface area (Å²) in [5.74, 6) is -0.186. The lowest BCUT2D eigenvalue weighted by molar-refractivity contribution is 0.147. The van der Waals surface area contributed by atoms with Crippen molar-refractivity contribution in [3.8, 4) is 0 Å². The maximum atomic E-state index is 13.3. The number of fused-ring (bicyclic) bond motifs is 2. The standard InChI is InChI=1S/C24H22FN3/c25-21-11-9-18(10-12-21)14-27-15-20-6-2-1-5-19(20)13-22(27)16-28-17-26-23-7-3-4-8-24(23)28/h1-12,17,22H,13-16H2. The number of nitrogens with zero attached hydrogens (tertiary/aromatic N) is 3. The summed E-state index contributed by atoms with van der Waals surface area (Å²) in [6.07, 6.45) is 2.95. The Morgan fingerprint density at radius 3 is 2.50 bits per heavy atom. The van der Waals surface area contributed by atoms with E-state index in [1.54, 1.807) is 12.1 Å². The Kier molecular flexibility index (Phi) is 4.41. The van der Waals surface area contributed by atoms with Crippen molar-refractivity contribution in [1.82, 2.24) is 14.5 Å². The number of halogens is 1. The zero-order chi connectivity index (χ0) is 18.9. The topological polar surface area (TPSA) is 21.1 Å². The van der Waals surface area contributed by atoms with Gasteiger partial charge in [-0.2, -0.15) is 0 Å². The first-order valence-electron chi connectivity index (χ1n) is 9.71. The molecule has 0 spiro atoms. The average Bonchev–Trinajstić information content (AvgIpc) is 3.13. The molecule has 3 nitrogen and oxygen atoms in total. The van der Waals surface area contributed by atoms with Gasteiger partial charge in [0.2, 0.25) is 0 Å². The monoisotopic (exact) mass is 371 g/mol. The third kappa shape index (κ3) is 3.32. The van der Waals surface area contributed by atoms with E-state index in [9.17, 15) is 4.39 Å². The zero-order valence-corrected chi connectivity index (χ0v) is 15.6. The molecule has 0 saturated carbocycles. The summed E-state index contributed by atoms with van der Waals surface area (Å²) < 4.78 is 15.6. The summed E-state index contributed by atoms with van der Waals surface area (Å²) in [6.45, 7) is 2.60. The van der Waals surface area contributed by atoms with Crippen molar-refractivity contribution in [3.05, 3.63) is 102 Å². The van der Waals surface area contributed by atoms with Crippen LogP contribution in [0.4, 0.5) is 4.39 Å². The van der Waals surface area contributed by atoms with Crippen LogP contribution in [-0.2, 0) is 26.1 Å². The molecule has 140 valence electrons. The van der Waals surface area contributed by atoms with Crippen LogP contribution in [0.15, 0.2) is 79.1 Å². The van der Waals surface area contributed by atoms with Gasteiger partial charge < -0.3 is 4.57 Å². The van der Waals surface area contributed by atoms with Gasteiger partial charge in [-0.1, -0.05) is 48.5 Å². The highest BCUT2D eigenvalue weighted by molar-refractivity contribution is 5.74. The minimum Gasteiger partial charge on any atom is -0.329 e. The smallest absolute Gasteiger partial charge is 0.123 e. The molecule has 0 radical (unpaired) electrons. The van der Waals surface area contributed by atoms with Crippen molar-refractivity contribution in [1.29, 1.82) is 0 Å². The highest BCUT2D eigenvalue weighted by Crippen LogP contribution is 2.27. The maximum Gasteiger partial charge on any atom is 0.123 e. The van der Waals surface area contributed by atoms with Crippen LogP contribution in [0.25, 0.3) is 11.0 Å². The maximum absolute atomic E-state index is 13.3. The van der Waals surface area contributed by atoms with E-state index in [-0.39, 0.29) is 5.82 Å². The van der Waals surface area contributed by atoms with Gasteiger partial charge in [0, 0.05) is 25.7 Å². The van der Waals surface area contributed by atoms with Crippen molar-refractivity contribution in [2.24, 2.45) is 0 Å². The van der Waals surface area contributed by atoms with Crippen molar-refractivity contribution < 1.29 is 4.39 Å². The second kappa shape index (κ2) is 7.21. The normalized spacial score (nSPS) is 17.0. The molecular formula is C24H22FN3. The number of benzene rings is 3. The van der Waals surface area contributed by atoms with Crippen molar-refractivity contribution in [2.45, 2.75) is 32.1 Å². The van der Waals surface area contributed by atoms with Crippen LogP contribution in [0, 0.1) is 5.82 Å². The van der Waals surface area contributed by atoms with Crippen LogP contribution in [0.5, 0.6) is 0 Å². The molecule has 2 heterocycles. The van der Waals surface area contributed by atoms with Crippen LogP contribution in [0.1, 0.15) is 16.7 Å². The number of hydrogen-bond acceptors (Lipinski definition) is 2. The first-order valence-corrected chi connectivity index (χ1v) is 9.71. The molecule has 0 saturated heterocycles. The fourth-order valence-electron chi connectivity index (χ4n) is 4.21. The van der Waals surface area contributed by atoms with Gasteiger partial charge in [-0.3, -0.25) is 4.90 Å². The fraction of sp³-hybridized carbons (Fsp3) is 0.208. The van der Waals surface area contributed by atoms with Crippen LogP contribution >= 0.6 is 0 Å². The quantitative estimate of drug-likeness (QED) is 0.514.